The van der Waals surface area contributed by atoms with Crippen LogP contribution in [0.4, 0.5) is 5.82 Å². The minimum Gasteiger partial charge on any atom is -0.385 e. The van der Waals surface area contributed by atoms with Gasteiger partial charge in [0.2, 0.25) is 5.91 Å². The molecule has 7 heteroatoms. The van der Waals surface area contributed by atoms with Crippen LogP contribution in [0.3, 0.4) is 0 Å². The van der Waals surface area contributed by atoms with E-state index in [1.807, 2.05) is 25.1 Å². The maximum absolute atomic E-state index is 12.1. The number of ether oxygens (including phenoxy) is 1. The lowest BCUT2D eigenvalue weighted by Gasteiger charge is -2.57. The second-order valence-electron chi connectivity index (χ2n) is 9.70. The second kappa shape index (κ2) is 7.34. The van der Waals surface area contributed by atoms with Crippen molar-refractivity contribution in [3.05, 3.63) is 59.3 Å². The number of hydrogen-bond donors (Lipinski definition) is 2. The van der Waals surface area contributed by atoms with Crippen molar-refractivity contribution in [2.24, 2.45) is 11.3 Å². The standard InChI is InChI=1S/C26H24N4O3/c1-16-22-11-29-23(30-24(31)17-2-3-17)8-21(22)18(9-27-16)4-6-20-7-5-19(10-28-20)26(32)12-25(13-26)14-33-15-25/h5,7-11,17,32H,2-3,12-15H2,1H3,(H,29,30,31). The maximum Gasteiger partial charge on any atom is 0.228 e. The summed E-state index contributed by atoms with van der Waals surface area (Å²) in [5.41, 5.74) is 2.40. The van der Waals surface area contributed by atoms with Gasteiger partial charge in [0.05, 0.1) is 24.4 Å². The average molecular weight is 441 g/mol. The van der Waals surface area contributed by atoms with E-state index in [0.717, 1.165) is 66.5 Å². The number of rotatable bonds is 3. The molecular weight excluding hydrogens is 416 g/mol. The molecule has 1 amide bonds. The second-order valence-corrected chi connectivity index (χ2v) is 9.70. The van der Waals surface area contributed by atoms with E-state index in [-0.39, 0.29) is 17.2 Å². The molecule has 3 aliphatic rings. The summed E-state index contributed by atoms with van der Waals surface area (Å²) in [5, 5.41) is 15.6. The summed E-state index contributed by atoms with van der Waals surface area (Å²) in [7, 11) is 0. The van der Waals surface area contributed by atoms with Crippen LogP contribution in [-0.2, 0) is 15.1 Å². The number of nitrogens with one attached hydrogen (secondary N) is 1. The van der Waals surface area contributed by atoms with Gasteiger partial charge in [-0.05, 0) is 50.7 Å². The van der Waals surface area contributed by atoms with Crippen LogP contribution in [0, 0.1) is 30.1 Å². The zero-order chi connectivity index (χ0) is 22.6. The first kappa shape index (κ1) is 20.3. The van der Waals surface area contributed by atoms with Crippen LogP contribution < -0.4 is 5.32 Å². The third kappa shape index (κ3) is 3.65. The summed E-state index contributed by atoms with van der Waals surface area (Å²) in [6, 6.07) is 5.61. The lowest BCUT2D eigenvalue weighted by molar-refractivity contribution is -0.244. The minimum atomic E-state index is -0.811. The number of carbonyl (C=O) groups excluding carboxylic acids is 1. The van der Waals surface area contributed by atoms with Crippen molar-refractivity contribution in [1.82, 2.24) is 15.0 Å². The molecule has 3 aromatic rings. The van der Waals surface area contributed by atoms with Crippen molar-refractivity contribution in [2.75, 3.05) is 18.5 Å². The van der Waals surface area contributed by atoms with Gasteiger partial charge in [0.15, 0.2) is 0 Å². The van der Waals surface area contributed by atoms with Crippen molar-refractivity contribution in [1.29, 1.82) is 0 Å². The molecule has 6 rings (SSSR count). The molecule has 2 N–H and O–H groups in total. The van der Waals surface area contributed by atoms with E-state index in [0.29, 0.717) is 11.5 Å². The molecule has 1 aliphatic heterocycles. The first-order chi connectivity index (χ1) is 15.9. The van der Waals surface area contributed by atoms with Gasteiger partial charge in [-0.2, -0.15) is 0 Å². The number of fused-ring (bicyclic) bond motifs is 1. The van der Waals surface area contributed by atoms with Crippen molar-refractivity contribution in [3.63, 3.8) is 0 Å². The Labute approximate surface area is 191 Å². The highest BCUT2D eigenvalue weighted by atomic mass is 16.5. The Morgan fingerprint density at radius 1 is 1.09 bits per heavy atom. The molecule has 2 aliphatic carbocycles. The summed E-state index contributed by atoms with van der Waals surface area (Å²) in [5.74, 6) is 6.93. The lowest BCUT2D eigenvalue weighted by atomic mass is 9.56. The van der Waals surface area contributed by atoms with E-state index in [4.69, 9.17) is 4.74 Å². The van der Waals surface area contributed by atoms with Crippen molar-refractivity contribution >= 4 is 22.5 Å². The van der Waals surface area contributed by atoms with Gasteiger partial charge in [-0.15, -0.1) is 0 Å². The number of carbonyl (C=O) groups is 1. The monoisotopic (exact) mass is 440 g/mol. The van der Waals surface area contributed by atoms with Crippen LogP contribution in [0.5, 0.6) is 0 Å². The molecular formula is C26H24N4O3. The zero-order valence-electron chi connectivity index (χ0n) is 18.4. The number of anilines is 1. The van der Waals surface area contributed by atoms with Crippen LogP contribution in [-0.4, -0.2) is 39.2 Å². The molecule has 33 heavy (non-hydrogen) atoms. The molecule has 0 radical (unpaired) electrons. The van der Waals surface area contributed by atoms with Crippen LogP contribution >= 0.6 is 0 Å². The fourth-order valence-electron chi connectivity index (χ4n) is 4.87. The Balaban J connectivity index is 1.25. The normalized spacial score (nSPS) is 19.8. The molecule has 0 atom stereocenters. The maximum atomic E-state index is 12.1. The van der Waals surface area contributed by atoms with Crippen LogP contribution in [0.1, 0.15) is 48.2 Å². The first-order valence-corrected chi connectivity index (χ1v) is 11.3. The molecule has 0 unspecified atom stereocenters. The number of hydrogen-bond acceptors (Lipinski definition) is 6. The van der Waals surface area contributed by atoms with Gasteiger partial charge >= 0.3 is 0 Å². The van der Waals surface area contributed by atoms with Gasteiger partial charge in [0.1, 0.15) is 11.5 Å². The fourth-order valence-corrected chi connectivity index (χ4v) is 4.87. The molecule has 3 fully saturated rings. The van der Waals surface area contributed by atoms with Crippen molar-refractivity contribution in [2.45, 2.75) is 38.2 Å². The number of nitrogens with zero attached hydrogens (tertiary/aromatic N) is 3. The highest BCUT2D eigenvalue weighted by molar-refractivity contribution is 5.96. The van der Waals surface area contributed by atoms with Gasteiger partial charge in [0, 0.05) is 52.0 Å². The predicted octanol–water partition coefficient (Wildman–Crippen LogP) is 3.08. The molecule has 0 aromatic carbocycles. The number of aromatic nitrogens is 3. The average Bonchev–Trinajstić information content (AvgIpc) is 3.61. The van der Waals surface area contributed by atoms with Crippen LogP contribution in [0.25, 0.3) is 10.8 Å². The van der Waals surface area contributed by atoms with Gasteiger partial charge in [0.25, 0.3) is 0 Å². The number of amides is 1. The van der Waals surface area contributed by atoms with E-state index >= 15 is 0 Å². The van der Waals surface area contributed by atoms with E-state index in [9.17, 15) is 9.90 Å². The van der Waals surface area contributed by atoms with Gasteiger partial charge in [-0.3, -0.25) is 9.78 Å². The summed E-state index contributed by atoms with van der Waals surface area (Å²) in [6.07, 6.45) is 8.52. The number of aryl methyl sites for hydroxylation is 1. The summed E-state index contributed by atoms with van der Waals surface area (Å²) < 4.78 is 5.30. The van der Waals surface area contributed by atoms with E-state index in [2.05, 4.69) is 32.1 Å². The van der Waals surface area contributed by atoms with E-state index < -0.39 is 5.60 Å². The molecule has 0 bridgehead atoms. The number of aliphatic hydroxyl groups is 1. The Hall–Kier alpha value is -3.34. The first-order valence-electron chi connectivity index (χ1n) is 11.3. The van der Waals surface area contributed by atoms with Crippen molar-refractivity contribution < 1.29 is 14.6 Å². The SMILES string of the molecule is Cc1ncc(C#Cc2ccc(C3(O)CC4(COC4)C3)cn2)c2cc(NC(=O)C3CC3)ncc12. The molecule has 7 nitrogen and oxygen atoms in total. The fraction of sp³-hybridized carbons (Fsp3) is 0.385. The molecule has 1 spiro atoms. The largest absolute Gasteiger partial charge is 0.385 e. The molecule has 1 saturated heterocycles. The Morgan fingerprint density at radius 2 is 1.91 bits per heavy atom. The highest BCUT2D eigenvalue weighted by Crippen LogP contribution is 2.57. The van der Waals surface area contributed by atoms with E-state index in [1.165, 1.54) is 0 Å². The zero-order valence-corrected chi connectivity index (χ0v) is 18.4. The van der Waals surface area contributed by atoms with Crippen molar-refractivity contribution in [3.8, 4) is 11.8 Å². The molecule has 3 aromatic heterocycles. The molecule has 2 saturated carbocycles. The Kier molecular flexibility index (Phi) is 4.51. The summed E-state index contributed by atoms with van der Waals surface area (Å²) >= 11 is 0. The lowest BCUT2D eigenvalue weighted by Crippen LogP contribution is -2.59. The summed E-state index contributed by atoms with van der Waals surface area (Å²) in [6.45, 7) is 3.41. The quantitative estimate of drug-likeness (QED) is 0.608. The topological polar surface area (TPSA) is 97.2 Å². The molecule has 166 valence electrons. The third-order valence-corrected chi connectivity index (χ3v) is 6.95. The summed E-state index contributed by atoms with van der Waals surface area (Å²) in [4.78, 5) is 25.4. The van der Waals surface area contributed by atoms with Crippen LogP contribution in [0.2, 0.25) is 0 Å². The van der Waals surface area contributed by atoms with Gasteiger partial charge in [-0.25, -0.2) is 9.97 Å². The smallest absolute Gasteiger partial charge is 0.228 e. The highest BCUT2D eigenvalue weighted by Gasteiger charge is 2.58. The number of pyridine rings is 3. The molecule has 4 heterocycles. The van der Waals surface area contributed by atoms with Gasteiger partial charge in [-0.1, -0.05) is 12.0 Å². The Morgan fingerprint density at radius 3 is 2.58 bits per heavy atom. The van der Waals surface area contributed by atoms with Gasteiger partial charge < -0.3 is 15.2 Å². The third-order valence-electron chi connectivity index (χ3n) is 6.95. The van der Waals surface area contributed by atoms with E-state index in [1.54, 1.807) is 18.6 Å². The Bertz CT molecular complexity index is 1320. The predicted molar refractivity (Wildman–Crippen MR) is 122 cm³/mol. The van der Waals surface area contributed by atoms with Crippen LogP contribution in [0.15, 0.2) is 36.8 Å². The minimum absolute atomic E-state index is 0.0217.